The lowest BCUT2D eigenvalue weighted by molar-refractivity contribution is 0.392. The van der Waals surface area contributed by atoms with E-state index in [0.717, 1.165) is 122 Å². The summed E-state index contributed by atoms with van der Waals surface area (Å²) in [4.78, 5) is 76.8. The topological polar surface area (TPSA) is 456 Å². The molecule has 732 valence electrons. The van der Waals surface area contributed by atoms with Gasteiger partial charge >= 0.3 is 0 Å². The summed E-state index contributed by atoms with van der Waals surface area (Å²) in [5, 5.41) is 21.3. The number of halogens is 4. The van der Waals surface area contributed by atoms with Crippen LogP contribution >= 0.6 is 63.7 Å². The zero-order chi connectivity index (χ0) is 100. The molecule has 3 aliphatic carbocycles. The van der Waals surface area contributed by atoms with E-state index in [1.54, 1.807) is 64.2 Å². The standard InChI is InChI=1S/C19H25BrN4O.C19H18N4O2.C18H23BrN4O.C17H23BrN4O.C16H19BrN4O.C12H14N6O2/c1-12(2)15-10-22-18(20)9-16(15)25-17-11-21-13(3)23-19(17)24-14-7-5-4-6-8-14;1-13-21-12-17(19(20)23-13)25-16-10-18(24-2)22-11-15(16)9-8-14-6-4-3-5-7-14;1-10(2)14-8-21-17(19)7-15(14)24-16-9-20-12(4)23-18(16)22-11(3)13-5-6-13;1-10(2)7-21-17-15(9-19-12(5)22-17)23-14-6-16(18)20-8-13(14)11(3)4;1-9(2)12-7-19-15(17)6-13(12)22-14-8-18-10(3)20-16(14)21-11-4-5-11;1-6-16-5-9(12(15)18-6)20-8-3-10(19-2)17-4-7(8)11(13)14/h9-12,14H,4-8H2,1-3H3,(H,21,23,24);3-12H,1-2H3,(H2,20,21,23);7-11,13H,5-6H2,1-4H3,(H,20,22,23);6,8-11H,7H2,1-5H3,(H,19,21,22);6-9,11H,4-5H2,1-3H3,(H,18,20,21);3-5H,1-2H3,(H3,13,14)(H2,15,16,18)/b;9-8+;;;;/t;;11-;;;/m..1.../s1. The maximum absolute atomic E-state index is 7.51. The lowest BCUT2D eigenvalue weighted by atomic mass is 9.95. The third kappa shape index (κ3) is 33.1. The third-order valence-electron chi connectivity index (χ3n) is 21.5. The first-order chi connectivity index (χ1) is 66.5. The van der Waals surface area contributed by atoms with E-state index < -0.39 is 0 Å². The number of anilines is 6. The number of ether oxygens (including phenoxy) is 8. The smallest absolute Gasteiger partial charge is 0.216 e. The highest BCUT2D eigenvalue weighted by Crippen LogP contribution is 2.43. The second kappa shape index (κ2) is 51.5. The quantitative estimate of drug-likeness (QED) is 0.0114. The zero-order valence-corrected chi connectivity index (χ0v) is 88.1. The number of nitrogen functional groups attached to an aromatic ring is 3. The minimum Gasteiger partial charge on any atom is -0.481 e. The molecule has 0 radical (unpaired) electrons. The Kier molecular flexibility index (Phi) is 39.4. The Balaban J connectivity index is 0.000000160. The zero-order valence-electron chi connectivity index (χ0n) is 81.8. The second-order valence-electron chi connectivity index (χ2n) is 34.9. The van der Waals surface area contributed by atoms with Crippen molar-refractivity contribution in [1.29, 1.82) is 5.41 Å². The first kappa shape index (κ1) is 106. The molecule has 1 aromatic carbocycles. The lowest BCUT2D eigenvalue weighted by Crippen LogP contribution is -2.23. The van der Waals surface area contributed by atoms with E-state index >= 15 is 0 Å². The molecule has 16 rings (SSSR count). The van der Waals surface area contributed by atoms with Crippen LogP contribution in [0.5, 0.6) is 80.8 Å². The largest absolute Gasteiger partial charge is 0.481 e. The molecule has 12 heterocycles. The predicted octanol–water partition coefficient (Wildman–Crippen LogP) is 24.6. The van der Waals surface area contributed by atoms with Crippen LogP contribution < -0.4 is 76.4 Å². The van der Waals surface area contributed by atoms with Crippen LogP contribution in [0.25, 0.3) is 12.2 Å². The summed E-state index contributed by atoms with van der Waals surface area (Å²) < 4.78 is 49.3. The predicted molar refractivity (Wildman–Crippen MR) is 558 cm³/mol. The van der Waals surface area contributed by atoms with Crippen molar-refractivity contribution in [3.8, 4) is 80.8 Å². The van der Waals surface area contributed by atoms with Gasteiger partial charge in [-0.05, 0) is 198 Å². The molecule has 12 aromatic heterocycles. The van der Waals surface area contributed by atoms with Crippen molar-refractivity contribution in [2.24, 2.45) is 17.6 Å². The summed E-state index contributed by atoms with van der Waals surface area (Å²) in [5.74, 6) is 17.8. The Morgan fingerprint density at radius 3 is 1.12 bits per heavy atom. The third-order valence-corrected chi connectivity index (χ3v) is 23.2. The van der Waals surface area contributed by atoms with Gasteiger partial charge in [-0.15, -0.1) is 0 Å². The van der Waals surface area contributed by atoms with Crippen molar-refractivity contribution in [3.63, 3.8) is 0 Å². The number of aryl methyl sites for hydroxylation is 6. The molecular weight excluding hydrogens is 2020 g/mol. The van der Waals surface area contributed by atoms with Crippen molar-refractivity contribution in [3.05, 3.63) is 233 Å². The van der Waals surface area contributed by atoms with E-state index in [1.165, 1.54) is 83.4 Å². The van der Waals surface area contributed by atoms with Crippen LogP contribution in [0, 0.1) is 58.8 Å². The van der Waals surface area contributed by atoms with Gasteiger partial charge in [0, 0.05) is 126 Å². The molecule has 11 N–H and O–H groups in total. The fourth-order valence-corrected chi connectivity index (χ4v) is 14.8. The number of nitrogens with two attached hydrogens (primary N) is 3. The summed E-state index contributed by atoms with van der Waals surface area (Å²) in [5.41, 5.74) is 23.6. The fourth-order valence-electron chi connectivity index (χ4n) is 13.6. The van der Waals surface area contributed by atoms with Crippen molar-refractivity contribution < 1.29 is 37.9 Å². The number of nitrogens with one attached hydrogen (secondary N) is 5. The summed E-state index contributed by atoms with van der Waals surface area (Å²) >= 11 is 13.7. The molecule has 0 bridgehead atoms. The van der Waals surface area contributed by atoms with Gasteiger partial charge in [-0.1, -0.05) is 125 Å². The molecule has 34 nitrogen and oxygen atoms in total. The monoisotopic (exact) mass is 2140 g/mol. The molecule has 3 fully saturated rings. The van der Waals surface area contributed by atoms with Crippen molar-refractivity contribution in [1.82, 2.24) is 89.7 Å². The van der Waals surface area contributed by atoms with Gasteiger partial charge in [0.2, 0.25) is 11.8 Å². The van der Waals surface area contributed by atoms with Crippen molar-refractivity contribution in [2.45, 2.75) is 217 Å². The number of hydrogen-bond acceptors (Lipinski definition) is 33. The van der Waals surface area contributed by atoms with Gasteiger partial charge in [-0.25, -0.2) is 89.7 Å². The van der Waals surface area contributed by atoms with Gasteiger partial charge in [-0.3, -0.25) is 5.41 Å². The molecule has 0 spiro atoms. The van der Waals surface area contributed by atoms with Gasteiger partial charge < -0.3 is 76.4 Å². The molecule has 13 aromatic rings. The second-order valence-corrected chi connectivity index (χ2v) is 38.1. The number of methoxy groups -OCH3 is 2. The summed E-state index contributed by atoms with van der Waals surface area (Å²) in [6.07, 6.45) is 35.4. The van der Waals surface area contributed by atoms with Crippen LogP contribution in [0.2, 0.25) is 0 Å². The molecule has 0 amide bonds. The average molecular weight is 2150 g/mol. The summed E-state index contributed by atoms with van der Waals surface area (Å²) in [7, 11) is 3.03. The molecule has 0 aliphatic heterocycles. The Hall–Kier alpha value is -13.1. The van der Waals surface area contributed by atoms with Gasteiger partial charge in [0.05, 0.1) is 57.0 Å². The number of rotatable bonds is 31. The van der Waals surface area contributed by atoms with Crippen LogP contribution in [0.1, 0.15) is 232 Å². The van der Waals surface area contributed by atoms with E-state index in [4.69, 9.17) is 60.5 Å². The van der Waals surface area contributed by atoms with Crippen molar-refractivity contribution in [2.75, 3.05) is 53.5 Å². The molecule has 0 saturated heterocycles. The maximum atomic E-state index is 7.51. The minimum absolute atomic E-state index is 0.179. The normalized spacial score (nSPS) is 12.9. The number of pyridine rings is 6. The highest BCUT2D eigenvalue weighted by atomic mass is 79.9. The van der Waals surface area contributed by atoms with E-state index in [9.17, 15) is 0 Å². The number of benzene rings is 1. The minimum atomic E-state index is -0.179. The first-order valence-electron chi connectivity index (χ1n) is 45.9. The van der Waals surface area contributed by atoms with E-state index in [-0.39, 0.29) is 23.2 Å². The average Bonchev–Trinajstić information content (AvgIpc) is 1.77. The Bertz CT molecular complexity index is 6320. The van der Waals surface area contributed by atoms with Gasteiger partial charge in [0.1, 0.15) is 93.7 Å². The maximum Gasteiger partial charge on any atom is 0.216 e. The lowest BCUT2D eigenvalue weighted by Gasteiger charge is -2.24. The van der Waals surface area contributed by atoms with Crippen LogP contribution in [0.15, 0.2) is 160 Å². The SMILES string of the molecule is COc1cc(Oc2cnc(C)nc2N)c(/C=C/c2ccccc2)cn1.COc1cc(Oc2cnc(C)nc2N)c(C(=N)N)cn1.Cc1ncc(Oc2cc(Br)ncc2C(C)C)c(NC2CC2)n1.Cc1ncc(Oc2cc(Br)ncc2C(C)C)c(NC2CCCCC2)n1.Cc1ncc(Oc2cc(Br)ncc2C(C)C)c(NCC(C)C)n1.Cc1ncc(Oc2cc(Br)ncc2C(C)C)c(N[C@H](C)C2CC2)n1. The molecule has 0 unspecified atom stereocenters. The number of amidine groups is 1. The Labute approximate surface area is 846 Å². The van der Waals surface area contributed by atoms with Gasteiger partial charge in [0.25, 0.3) is 0 Å². The fraction of sp³-hybridized carbons (Fsp3) is 0.376. The van der Waals surface area contributed by atoms with Crippen LogP contribution in [0.4, 0.5) is 34.9 Å². The first-order valence-corrected chi connectivity index (χ1v) is 49.1. The van der Waals surface area contributed by atoms with E-state index in [2.05, 4.69) is 251 Å². The van der Waals surface area contributed by atoms with Crippen LogP contribution in [-0.4, -0.2) is 134 Å². The molecule has 1 atom stereocenters. The molecular formula is C101H122Br4N26O8. The molecule has 3 saturated carbocycles. The highest BCUT2D eigenvalue weighted by molar-refractivity contribution is 9.11. The number of hydrogen-bond donors (Lipinski definition) is 8. The molecule has 38 heteroatoms. The summed E-state index contributed by atoms with van der Waals surface area (Å²) in [6.45, 7) is 35.3. The number of nitrogens with zero attached hydrogens (tertiary/aromatic N) is 18. The molecule has 3 aliphatic rings. The Morgan fingerprint density at radius 1 is 0.381 bits per heavy atom. The van der Waals surface area contributed by atoms with Gasteiger partial charge in [0.15, 0.2) is 69.4 Å². The van der Waals surface area contributed by atoms with E-state index in [1.807, 2.05) is 119 Å². The van der Waals surface area contributed by atoms with Crippen LogP contribution in [-0.2, 0) is 0 Å². The highest BCUT2D eigenvalue weighted by Gasteiger charge is 2.30. The van der Waals surface area contributed by atoms with Crippen LogP contribution in [0.3, 0.4) is 0 Å². The molecule has 139 heavy (non-hydrogen) atoms. The summed E-state index contributed by atoms with van der Waals surface area (Å²) in [6, 6.07) is 22.1. The van der Waals surface area contributed by atoms with E-state index in [0.29, 0.717) is 129 Å². The van der Waals surface area contributed by atoms with Gasteiger partial charge in [-0.2, -0.15) is 0 Å². The van der Waals surface area contributed by atoms with Crippen molar-refractivity contribution >= 4 is 117 Å². The Morgan fingerprint density at radius 2 is 0.734 bits per heavy atom. The number of aromatic nitrogens is 18.